The molecule has 3 rings (SSSR count). The lowest BCUT2D eigenvalue weighted by atomic mass is 9.77. The van der Waals surface area contributed by atoms with Crippen molar-refractivity contribution in [3.8, 4) is 0 Å². The summed E-state index contributed by atoms with van der Waals surface area (Å²) in [5, 5.41) is 22.0. The third-order valence-electron chi connectivity index (χ3n) is 6.27. The van der Waals surface area contributed by atoms with Gasteiger partial charge in [0, 0.05) is 18.6 Å². The zero-order valence-corrected chi connectivity index (χ0v) is 19.7. The highest BCUT2D eigenvalue weighted by molar-refractivity contribution is 5.90. The van der Waals surface area contributed by atoms with Crippen LogP contribution < -0.4 is 0 Å². The third kappa shape index (κ3) is 6.44. The number of non-ortho nitro benzene ring substituents is 1. The van der Waals surface area contributed by atoms with Crippen molar-refractivity contribution < 1.29 is 19.6 Å². The largest absolute Gasteiger partial charge is 0.512 e. The van der Waals surface area contributed by atoms with Crippen molar-refractivity contribution in [2.75, 3.05) is 0 Å². The molecule has 0 spiro atoms. The Morgan fingerprint density at radius 2 is 1.76 bits per heavy atom. The van der Waals surface area contributed by atoms with Gasteiger partial charge in [0.1, 0.15) is 11.4 Å². The number of carbonyl (C=O) groups excluding carboxylic acids is 1. The molecule has 0 fully saturated rings. The first-order chi connectivity index (χ1) is 15.6. The Kier molecular flexibility index (Phi) is 7.57. The average molecular weight is 452 g/mol. The highest BCUT2D eigenvalue weighted by Gasteiger charge is 2.42. The van der Waals surface area contributed by atoms with Crippen molar-refractivity contribution in [1.29, 1.82) is 0 Å². The van der Waals surface area contributed by atoms with Crippen molar-refractivity contribution in [3.63, 3.8) is 0 Å². The highest BCUT2D eigenvalue weighted by atomic mass is 16.6. The predicted molar refractivity (Wildman–Crippen MR) is 128 cm³/mol. The van der Waals surface area contributed by atoms with Gasteiger partial charge in [-0.3, -0.25) is 10.1 Å². The second-order valence-electron chi connectivity index (χ2n) is 9.85. The Balaban J connectivity index is 1.75. The summed E-state index contributed by atoms with van der Waals surface area (Å²) in [6, 6.07) is 16.6. The van der Waals surface area contributed by atoms with Gasteiger partial charge in [0.15, 0.2) is 0 Å². The predicted octanol–water partition coefficient (Wildman–Crippen LogP) is 6.48. The molecule has 176 valence electrons. The molecule has 33 heavy (non-hydrogen) atoms. The quantitative estimate of drug-likeness (QED) is 0.253. The number of carbonyl (C=O) groups is 1. The molecular formula is C27H33NO5. The summed E-state index contributed by atoms with van der Waals surface area (Å²) < 4.78 is 6.02. The topological polar surface area (TPSA) is 89.7 Å². The maximum Gasteiger partial charge on any atom is 0.337 e. The smallest absolute Gasteiger partial charge is 0.337 e. The zero-order valence-electron chi connectivity index (χ0n) is 19.7. The summed E-state index contributed by atoms with van der Waals surface area (Å²) >= 11 is 0. The molecule has 6 nitrogen and oxygen atoms in total. The van der Waals surface area contributed by atoms with Crippen molar-refractivity contribution in [2.24, 2.45) is 5.41 Å². The lowest BCUT2D eigenvalue weighted by Crippen LogP contribution is -2.41. The molecule has 2 aromatic carbocycles. The average Bonchev–Trinajstić information content (AvgIpc) is 2.76. The van der Waals surface area contributed by atoms with Crippen LogP contribution in [0.5, 0.6) is 0 Å². The van der Waals surface area contributed by atoms with Crippen LogP contribution in [-0.4, -0.2) is 21.6 Å². The molecule has 1 aliphatic rings. The molecule has 0 amide bonds. The monoisotopic (exact) mass is 451 g/mol. The van der Waals surface area contributed by atoms with E-state index in [9.17, 15) is 20.0 Å². The molecule has 0 aromatic heterocycles. The molecule has 2 aromatic rings. The van der Waals surface area contributed by atoms with Gasteiger partial charge in [0.25, 0.3) is 5.69 Å². The number of nitro benzene ring substituents is 1. The molecule has 0 radical (unpaired) electrons. The molecule has 1 unspecified atom stereocenters. The minimum Gasteiger partial charge on any atom is -0.512 e. The summed E-state index contributed by atoms with van der Waals surface area (Å²) in [6.07, 6.45) is 4.17. The summed E-state index contributed by atoms with van der Waals surface area (Å²) in [4.78, 5) is 23.7. The van der Waals surface area contributed by atoms with E-state index in [0.29, 0.717) is 37.7 Å². The van der Waals surface area contributed by atoms with Gasteiger partial charge in [-0.15, -0.1) is 0 Å². The van der Waals surface area contributed by atoms with E-state index in [1.54, 1.807) is 12.1 Å². The van der Waals surface area contributed by atoms with Gasteiger partial charge in [-0.1, -0.05) is 69.7 Å². The SMILES string of the molecule is CCCC1(CCc2ccccc2)CC(O)=C(CC(C)(C)Cc2cccc([N+](=O)[O-])c2)C(=O)O1. The maximum atomic E-state index is 13.1. The molecule has 0 saturated heterocycles. The second kappa shape index (κ2) is 10.2. The standard InChI is InChI=1S/C27H33NO5/c1-4-14-27(15-13-20-9-6-5-7-10-20)19-24(29)23(25(30)33-27)18-26(2,3)17-21-11-8-12-22(16-21)28(31)32/h5-12,16,29H,4,13-15,17-19H2,1-3H3. The first kappa shape index (κ1) is 24.5. The van der Waals surface area contributed by atoms with E-state index in [1.165, 1.54) is 11.6 Å². The fourth-order valence-electron chi connectivity index (χ4n) is 4.75. The van der Waals surface area contributed by atoms with E-state index in [0.717, 1.165) is 18.4 Å². The van der Waals surface area contributed by atoms with E-state index in [2.05, 4.69) is 19.1 Å². The Morgan fingerprint density at radius 3 is 2.39 bits per heavy atom. The zero-order chi connectivity index (χ0) is 24.1. The molecule has 0 saturated carbocycles. The Bertz CT molecular complexity index is 1030. The minimum atomic E-state index is -0.695. The fraction of sp³-hybridized carbons (Fsp3) is 0.444. The molecule has 1 heterocycles. The summed E-state index contributed by atoms with van der Waals surface area (Å²) in [5.74, 6) is -0.341. The van der Waals surface area contributed by atoms with Crippen LogP contribution in [0.25, 0.3) is 0 Å². The molecular weight excluding hydrogens is 418 g/mol. The number of benzene rings is 2. The van der Waals surface area contributed by atoms with Crippen LogP contribution in [0, 0.1) is 15.5 Å². The first-order valence-corrected chi connectivity index (χ1v) is 11.5. The van der Waals surface area contributed by atoms with E-state index >= 15 is 0 Å². The molecule has 1 N–H and O–H groups in total. The molecule has 6 heteroatoms. The Hall–Kier alpha value is -3.15. The van der Waals surface area contributed by atoms with Crippen LogP contribution in [0.15, 0.2) is 65.9 Å². The van der Waals surface area contributed by atoms with E-state index in [-0.39, 0.29) is 11.4 Å². The van der Waals surface area contributed by atoms with Crippen molar-refractivity contribution in [1.82, 2.24) is 0 Å². The van der Waals surface area contributed by atoms with Gasteiger partial charge in [-0.05, 0) is 48.6 Å². The van der Waals surface area contributed by atoms with Gasteiger partial charge in [-0.25, -0.2) is 4.79 Å². The number of aryl methyl sites for hydroxylation is 1. The van der Waals surface area contributed by atoms with Crippen molar-refractivity contribution in [2.45, 2.75) is 71.3 Å². The van der Waals surface area contributed by atoms with E-state index in [4.69, 9.17) is 4.74 Å². The van der Waals surface area contributed by atoms with Gasteiger partial charge in [-0.2, -0.15) is 0 Å². The number of aliphatic hydroxyl groups excluding tert-OH is 1. The normalized spacial score (nSPS) is 18.8. The lowest BCUT2D eigenvalue weighted by Gasteiger charge is -2.38. The molecule has 0 aliphatic carbocycles. The number of aliphatic hydroxyl groups is 1. The number of ether oxygens (including phenoxy) is 1. The second-order valence-corrected chi connectivity index (χ2v) is 9.85. The van der Waals surface area contributed by atoms with Crippen LogP contribution >= 0.6 is 0 Å². The van der Waals surface area contributed by atoms with Crippen LogP contribution in [-0.2, 0) is 22.4 Å². The maximum absolute atomic E-state index is 13.1. The van der Waals surface area contributed by atoms with Crippen LogP contribution in [0.4, 0.5) is 5.69 Å². The highest BCUT2D eigenvalue weighted by Crippen LogP contribution is 2.40. The van der Waals surface area contributed by atoms with Gasteiger partial charge < -0.3 is 9.84 Å². The van der Waals surface area contributed by atoms with Gasteiger partial charge in [0.2, 0.25) is 0 Å². The number of rotatable bonds is 10. The third-order valence-corrected chi connectivity index (χ3v) is 6.27. The number of esters is 1. The van der Waals surface area contributed by atoms with Crippen molar-refractivity contribution in [3.05, 3.63) is 87.2 Å². The number of hydrogen-bond donors (Lipinski definition) is 1. The fourth-order valence-corrected chi connectivity index (χ4v) is 4.75. The summed E-state index contributed by atoms with van der Waals surface area (Å²) in [5.41, 5.74) is 1.27. The number of nitrogens with zero attached hydrogens (tertiary/aromatic N) is 1. The molecule has 1 aliphatic heterocycles. The van der Waals surface area contributed by atoms with Gasteiger partial charge in [0.05, 0.1) is 10.5 Å². The number of hydrogen-bond acceptors (Lipinski definition) is 5. The van der Waals surface area contributed by atoms with E-state index in [1.807, 2.05) is 38.1 Å². The van der Waals surface area contributed by atoms with Crippen LogP contribution in [0.3, 0.4) is 0 Å². The number of cyclic esters (lactones) is 1. The van der Waals surface area contributed by atoms with Crippen LogP contribution in [0.1, 0.15) is 64.0 Å². The molecule has 0 bridgehead atoms. The lowest BCUT2D eigenvalue weighted by molar-refractivity contribution is -0.384. The van der Waals surface area contributed by atoms with Crippen molar-refractivity contribution >= 4 is 11.7 Å². The minimum absolute atomic E-state index is 0.0465. The van der Waals surface area contributed by atoms with Gasteiger partial charge >= 0.3 is 5.97 Å². The van der Waals surface area contributed by atoms with E-state index < -0.39 is 21.9 Å². The number of nitro groups is 1. The Morgan fingerprint density at radius 1 is 1.06 bits per heavy atom. The van der Waals surface area contributed by atoms with Crippen LogP contribution in [0.2, 0.25) is 0 Å². The first-order valence-electron chi connectivity index (χ1n) is 11.5. The summed E-state index contributed by atoms with van der Waals surface area (Å²) in [7, 11) is 0. The Labute approximate surface area is 195 Å². The summed E-state index contributed by atoms with van der Waals surface area (Å²) in [6.45, 7) is 6.03. The molecule has 1 atom stereocenters.